The lowest BCUT2D eigenvalue weighted by molar-refractivity contribution is 0.408. The Morgan fingerprint density at radius 2 is 1.50 bits per heavy atom. The van der Waals surface area contributed by atoms with E-state index >= 15 is 0 Å². The van der Waals surface area contributed by atoms with Gasteiger partial charge in [-0.25, -0.2) is 0 Å². The highest BCUT2D eigenvalue weighted by Gasteiger charge is 2.20. The Kier molecular flexibility index (Phi) is 4.01. The lowest BCUT2D eigenvalue weighted by Crippen LogP contribution is -1.86. The summed E-state index contributed by atoms with van der Waals surface area (Å²) < 4.78 is 16.7. The van der Waals surface area contributed by atoms with Gasteiger partial charge in [-0.2, -0.15) is 0 Å². The number of phenolic OH excluding ortho intramolecular Hbond substituents is 1. The van der Waals surface area contributed by atoms with Crippen LogP contribution in [0.25, 0.3) is 33.4 Å². The smallest absolute Gasteiger partial charge is 0.143 e. The van der Waals surface area contributed by atoms with Crippen LogP contribution in [0.15, 0.2) is 71.1 Å². The summed E-state index contributed by atoms with van der Waals surface area (Å²) >= 11 is 0. The highest BCUT2D eigenvalue weighted by Crippen LogP contribution is 2.45. The molecule has 4 rings (SSSR count). The third kappa shape index (κ3) is 2.65. The molecule has 0 atom stereocenters. The fourth-order valence-electron chi connectivity index (χ4n) is 3.11. The Balaban J connectivity index is 2.03. The molecular formula is C22H18O4. The van der Waals surface area contributed by atoms with Gasteiger partial charge in [0.25, 0.3) is 0 Å². The molecule has 0 saturated heterocycles. The lowest BCUT2D eigenvalue weighted by atomic mass is 9.97. The van der Waals surface area contributed by atoms with Crippen molar-refractivity contribution in [2.45, 2.75) is 0 Å². The first-order valence-corrected chi connectivity index (χ1v) is 8.24. The van der Waals surface area contributed by atoms with Crippen LogP contribution in [0.4, 0.5) is 0 Å². The molecule has 4 aromatic rings. The van der Waals surface area contributed by atoms with E-state index in [1.54, 1.807) is 20.3 Å². The summed E-state index contributed by atoms with van der Waals surface area (Å²) in [6, 6.07) is 20.8. The molecule has 0 bridgehead atoms. The maximum Gasteiger partial charge on any atom is 0.143 e. The number of aromatic hydroxyl groups is 1. The molecule has 0 fully saturated rings. The predicted octanol–water partition coefficient (Wildman–Crippen LogP) is 5.49. The molecule has 0 aliphatic carbocycles. The summed E-state index contributed by atoms with van der Waals surface area (Å²) in [6.45, 7) is 0. The molecule has 4 heteroatoms. The number of hydrogen-bond acceptors (Lipinski definition) is 4. The van der Waals surface area contributed by atoms with Gasteiger partial charge in [0, 0.05) is 34.2 Å². The van der Waals surface area contributed by atoms with Crippen molar-refractivity contribution >= 4 is 11.0 Å². The van der Waals surface area contributed by atoms with Crippen LogP contribution in [0.1, 0.15) is 0 Å². The minimum Gasteiger partial charge on any atom is -0.507 e. The summed E-state index contributed by atoms with van der Waals surface area (Å²) in [5.74, 6) is 2.16. The maximum absolute atomic E-state index is 10.6. The SMILES string of the molecule is COc1ccc(-c2c(-c3ccccc3)oc3cc(OC)ccc23)c(O)c1. The van der Waals surface area contributed by atoms with Crippen LogP contribution in [-0.2, 0) is 0 Å². The number of fused-ring (bicyclic) bond motifs is 1. The van der Waals surface area contributed by atoms with Gasteiger partial charge < -0.3 is 19.0 Å². The van der Waals surface area contributed by atoms with Crippen LogP contribution in [0, 0.1) is 0 Å². The summed E-state index contributed by atoms with van der Waals surface area (Å²) in [4.78, 5) is 0. The molecule has 1 N–H and O–H groups in total. The van der Waals surface area contributed by atoms with E-state index in [0.29, 0.717) is 22.7 Å². The second kappa shape index (κ2) is 6.48. The Labute approximate surface area is 151 Å². The van der Waals surface area contributed by atoms with Gasteiger partial charge in [-0.3, -0.25) is 0 Å². The van der Waals surface area contributed by atoms with Crippen LogP contribution in [0.3, 0.4) is 0 Å². The molecule has 0 radical (unpaired) electrons. The molecule has 26 heavy (non-hydrogen) atoms. The van der Waals surface area contributed by atoms with Crippen molar-refractivity contribution in [2.24, 2.45) is 0 Å². The number of rotatable bonds is 4. The van der Waals surface area contributed by atoms with Crippen molar-refractivity contribution in [3.05, 3.63) is 66.7 Å². The Hall–Kier alpha value is -3.40. The van der Waals surface area contributed by atoms with Crippen LogP contribution < -0.4 is 9.47 Å². The quantitative estimate of drug-likeness (QED) is 0.531. The van der Waals surface area contributed by atoms with Crippen LogP contribution in [0.5, 0.6) is 17.2 Å². The summed E-state index contributed by atoms with van der Waals surface area (Å²) in [5, 5.41) is 11.5. The van der Waals surface area contributed by atoms with E-state index in [9.17, 15) is 5.11 Å². The molecule has 130 valence electrons. The second-order valence-electron chi connectivity index (χ2n) is 5.92. The topological polar surface area (TPSA) is 51.8 Å². The predicted molar refractivity (Wildman–Crippen MR) is 102 cm³/mol. The molecule has 1 heterocycles. The first kappa shape index (κ1) is 16.1. The summed E-state index contributed by atoms with van der Waals surface area (Å²) in [6.07, 6.45) is 0. The number of ether oxygens (including phenoxy) is 2. The average Bonchev–Trinajstić information content (AvgIpc) is 3.06. The zero-order valence-corrected chi connectivity index (χ0v) is 14.5. The number of phenols is 1. The van der Waals surface area contributed by atoms with E-state index in [1.807, 2.05) is 60.7 Å². The van der Waals surface area contributed by atoms with Crippen molar-refractivity contribution in [1.82, 2.24) is 0 Å². The maximum atomic E-state index is 10.6. The van der Waals surface area contributed by atoms with E-state index in [0.717, 1.165) is 22.3 Å². The third-order valence-electron chi connectivity index (χ3n) is 4.41. The van der Waals surface area contributed by atoms with Crippen LogP contribution >= 0.6 is 0 Å². The van der Waals surface area contributed by atoms with Crippen molar-refractivity contribution in [2.75, 3.05) is 14.2 Å². The molecule has 0 unspecified atom stereocenters. The molecule has 0 amide bonds. The first-order valence-electron chi connectivity index (χ1n) is 8.24. The fourth-order valence-corrected chi connectivity index (χ4v) is 3.11. The van der Waals surface area contributed by atoms with Crippen molar-refractivity contribution in [1.29, 1.82) is 0 Å². The second-order valence-corrected chi connectivity index (χ2v) is 5.92. The Bertz CT molecular complexity index is 1060. The average molecular weight is 346 g/mol. The Morgan fingerprint density at radius 3 is 2.19 bits per heavy atom. The largest absolute Gasteiger partial charge is 0.507 e. The van der Waals surface area contributed by atoms with Gasteiger partial charge >= 0.3 is 0 Å². The van der Waals surface area contributed by atoms with E-state index in [4.69, 9.17) is 13.9 Å². The van der Waals surface area contributed by atoms with Gasteiger partial charge in [-0.15, -0.1) is 0 Å². The summed E-state index contributed by atoms with van der Waals surface area (Å²) in [7, 11) is 3.20. The number of hydrogen-bond donors (Lipinski definition) is 1. The summed E-state index contributed by atoms with van der Waals surface area (Å²) in [5.41, 5.74) is 3.17. The molecule has 0 aliphatic heterocycles. The van der Waals surface area contributed by atoms with Crippen LogP contribution in [0.2, 0.25) is 0 Å². The third-order valence-corrected chi connectivity index (χ3v) is 4.41. The Morgan fingerprint density at radius 1 is 0.808 bits per heavy atom. The number of furan rings is 1. The fraction of sp³-hybridized carbons (Fsp3) is 0.0909. The highest BCUT2D eigenvalue weighted by atomic mass is 16.5. The lowest BCUT2D eigenvalue weighted by Gasteiger charge is -2.08. The minimum atomic E-state index is 0.139. The molecule has 0 spiro atoms. The molecular weight excluding hydrogens is 328 g/mol. The van der Waals surface area contributed by atoms with Gasteiger partial charge in [0.2, 0.25) is 0 Å². The van der Waals surface area contributed by atoms with Gasteiger partial charge in [0.1, 0.15) is 28.6 Å². The standard InChI is InChI=1S/C22H18O4/c1-24-15-8-10-17(19(23)12-15)21-18-11-9-16(25-2)13-20(18)26-22(21)14-6-4-3-5-7-14/h3-13,23H,1-2H3. The van der Waals surface area contributed by atoms with Gasteiger partial charge in [0.15, 0.2) is 0 Å². The van der Waals surface area contributed by atoms with E-state index in [-0.39, 0.29) is 5.75 Å². The zero-order chi connectivity index (χ0) is 18.1. The van der Waals surface area contributed by atoms with Gasteiger partial charge in [0.05, 0.1) is 14.2 Å². The van der Waals surface area contributed by atoms with Crippen molar-refractivity contribution in [3.63, 3.8) is 0 Å². The van der Waals surface area contributed by atoms with Crippen molar-refractivity contribution in [3.8, 4) is 39.7 Å². The molecule has 0 aliphatic rings. The monoisotopic (exact) mass is 346 g/mol. The molecule has 0 saturated carbocycles. The van der Waals surface area contributed by atoms with E-state index in [1.165, 1.54) is 0 Å². The molecule has 4 nitrogen and oxygen atoms in total. The first-order chi connectivity index (χ1) is 12.7. The van der Waals surface area contributed by atoms with Gasteiger partial charge in [-0.1, -0.05) is 30.3 Å². The normalized spacial score (nSPS) is 10.8. The van der Waals surface area contributed by atoms with Crippen molar-refractivity contribution < 1.29 is 19.0 Å². The highest BCUT2D eigenvalue weighted by molar-refractivity contribution is 6.03. The molecule has 1 aromatic heterocycles. The van der Waals surface area contributed by atoms with Gasteiger partial charge in [-0.05, 0) is 24.3 Å². The van der Waals surface area contributed by atoms with Crippen LogP contribution in [-0.4, -0.2) is 19.3 Å². The zero-order valence-electron chi connectivity index (χ0n) is 14.5. The van der Waals surface area contributed by atoms with E-state index in [2.05, 4.69) is 0 Å². The molecule has 3 aromatic carbocycles. The number of methoxy groups -OCH3 is 2. The number of benzene rings is 3. The van der Waals surface area contributed by atoms with E-state index < -0.39 is 0 Å². The minimum absolute atomic E-state index is 0.139.